The number of carbonyl (C=O) groups excluding carboxylic acids is 1. The molecule has 1 aliphatic rings. The fourth-order valence-corrected chi connectivity index (χ4v) is 6.18. The van der Waals surface area contributed by atoms with Crippen LogP contribution in [0.25, 0.3) is 0 Å². The molecule has 3 rings (SSSR count). The van der Waals surface area contributed by atoms with Gasteiger partial charge in [0.2, 0.25) is 5.91 Å². The minimum Gasteiger partial charge on any atom is -0.326 e. The van der Waals surface area contributed by atoms with Gasteiger partial charge in [-0.3, -0.25) is 4.79 Å². The number of carbonyl (C=O) groups is 1. The number of thiophene rings is 1. The van der Waals surface area contributed by atoms with Crippen LogP contribution in [-0.4, -0.2) is 31.7 Å². The average Bonchev–Trinajstić information content (AvgIpc) is 3.05. The molecule has 25 heavy (non-hydrogen) atoms. The molecular formula is C17H19BrN2O3S2. The number of piperidine rings is 1. The molecule has 1 amide bonds. The number of sulfonamides is 1. The van der Waals surface area contributed by atoms with Crippen molar-refractivity contribution in [3.63, 3.8) is 0 Å². The van der Waals surface area contributed by atoms with E-state index >= 15 is 0 Å². The molecule has 1 aromatic carbocycles. The lowest BCUT2D eigenvalue weighted by Crippen LogP contribution is -2.35. The van der Waals surface area contributed by atoms with Crippen molar-refractivity contribution in [2.45, 2.75) is 29.9 Å². The van der Waals surface area contributed by atoms with Crippen LogP contribution in [0.2, 0.25) is 0 Å². The fourth-order valence-electron chi connectivity index (χ4n) is 2.75. The molecule has 0 unspecified atom stereocenters. The zero-order valence-corrected chi connectivity index (χ0v) is 16.8. The molecule has 0 bridgehead atoms. The molecule has 8 heteroatoms. The van der Waals surface area contributed by atoms with Gasteiger partial charge in [0.25, 0.3) is 10.0 Å². The first-order chi connectivity index (χ1) is 11.9. The Kier molecular flexibility index (Phi) is 5.93. The summed E-state index contributed by atoms with van der Waals surface area (Å²) in [6.07, 6.45) is 3.06. The zero-order chi connectivity index (χ0) is 17.9. The molecule has 0 radical (unpaired) electrons. The van der Waals surface area contributed by atoms with E-state index in [0.29, 0.717) is 23.0 Å². The van der Waals surface area contributed by atoms with E-state index in [4.69, 9.17) is 0 Å². The Balaban J connectivity index is 1.66. The summed E-state index contributed by atoms with van der Waals surface area (Å²) in [5.41, 5.74) is 0.706. The molecule has 0 saturated carbocycles. The van der Waals surface area contributed by atoms with E-state index in [9.17, 15) is 13.2 Å². The topological polar surface area (TPSA) is 66.5 Å². The number of halogens is 1. The van der Waals surface area contributed by atoms with E-state index in [1.54, 1.807) is 16.4 Å². The van der Waals surface area contributed by atoms with Crippen LogP contribution in [0.3, 0.4) is 0 Å². The smallest absolute Gasteiger partial charge is 0.252 e. The van der Waals surface area contributed by atoms with Crippen LogP contribution in [-0.2, 0) is 21.2 Å². The number of nitrogens with zero attached hydrogens (tertiary/aromatic N) is 1. The Hall–Kier alpha value is -1.22. The third-order valence-electron chi connectivity index (χ3n) is 3.99. The Morgan fingerprint density at radius 2 is 1.92 bits per heavy atom. The Morgan fingerprint density at radius 3 is 2.64 bits per heavy atom. The number of nitrogens with one attached hydrogen (secondary N) is 1. The predicted octanol–water partition coefficient (Wildman–Crippen LogP) is 3.87. The van der Waals surface area contributed by atoms with E-state index in [-0.39, 0.29) is 12.3 Å². The Bertz CT molecular complexity index is 858. The summed E-state index contributed by atoms with van der Waals surface area (Å²) < 4.78 is 28.0. The van der Waals surface area contributed by atoms with Crippen molar-refractivity contribution in [1.29, 1.82) is 0 Å². The molecule has 1 saturated heterocycles. The molecule has 0 aliphatic carbocycles. The molecule has 1 N–H and O–H groups in total. The maximum atomic E-state index is 12.6. The Morgan fingerprint density at radius 1 is 1.16 bits per heavy atom. The summed E-state index contributed by atoms with van der Waals surface area (Å²) in [6.45, 7) is 1.16. The minimum atomic E-state index is -3.43. The highest BCUT2D eigenvalue weighted by Gasteiger charge is 2.27. The number of hydrogen-bond acceptors (Lipinski definition) is 4. The van der Waals surface area contributed by atoms with Crippen molar-refractivity contribution in [3.05, 3.63) is 45.7 Å². The second-order valence-electron chi connectivity index (χ2n) is 5.92. The summed E-state index contributed by atoms with van der Waals surface area (Å²) in [6, 6.07) is 10.7. The highest BCUT2D eigenvalue weighted by molar-refractivity contribution is 9.10. The van der Waals surface area contributed by atoms with Crippen molar-refractivity contribution in [3.8, 4) is 0 Å². The molecule has 0 spiro atoms. The molecule has 0 atom stereocenters. The zero-order valence-electron chi connectivity index (χ0n) is 13.6. The maximum absolute atomic E-state index is 12.6. The number of hydrogen-bond donors (Lipinski definition) is 1. The highest BCUT2D eigenvalue weighted by atomic mass is 79.9. The van der Waals surface area contributed by atoms with Gasteiger partial charge in [-0.2, -0.15) is 4.31 Å². The predicted molar refractivity (Wildman–Crippen MR) is 103 cm³/mol. The summed E-state index contributed by atoms with van der Waals surface area (Å²) in [7, 11) is -3.43. The van der Waals surface area contributed by atoms with Crippen LogP contribution in [0.5, 0.6) is 0 Å². The molecule has 2 heterocycles. The number of amides is 1. The molecule has 5 nitrogen and oxygen atoms in total. The lowest BCUT2D eigenvalue weighted by molar-refractivity contribution is -0.115. The van der Waals surface area contributed by atoms with Crippen LogP contribution >= 0.6 is 27.3 Å². The fraction of sp³-hybridized carbons (Fsp3) is 0.353. The van der Waals surface area contributed by atoms with Gasteiger partial charge >= 0.3 is 0 Å². The van der Waals surface area contributed by atoms with Gasteiger partial charge in [0.1, 0.15) is 4.21 Å². The van der Waals surface area contributed by atoms with Crippen LogP contribution < -0.4 is 5.32 Å². The van der Waals surface area contributed by atoms with Gasteiger partial charge in [0.05, 0.1) is 6.42 Å². The highest BCUT2D eigenvalue weighted by Crippen LogP contribution is 2.27. The standard InChI is InChI=1S/C17H19BrN2O3S2/c18-13-5-4-6-14(11-13)19-16(21)12-15-7-8-17(24-15)25(22,23)20-9-2-1-3-10-20/h4-8,11H,1-3,9-10,12H2,(H,19,21). The maximum Gasteiger partial charge on any atom is 0.252 e. The summed E-state index contributed by atoms with van der Waals surface area (Å²) in [5.74, 6) is -0.165. The number of anilines is 1. The first-order valence-corrected chi connectivity index (χ1v) is 11.1. The van der Waals surface area contributed by atoms with Crippen molar-refractivity contribution in [1.82, 2.24) is 4.31 Å². The van der Waals surface area contributed by atoms with E-state index in [2.05, 4.69) is 21.2 Å². The molecule has 134 valence electrons. The normalized spacial score (nSPS) is 15.9. The van der Waals surface area contributed by atoms with Gasteiger partial charge in [-0.05, 0) is 43.2 Å². The first-order valence-electron chi connectivity index (χ1n) is 8.09. The second kappa shape index (κ2) is 7.99. The molecule has 1 aromatic heterocycles. The molecule has 2 aromatic rings. The van der Waals surface area contributed by atoms with Crippen molar-refractivity contribution < 1.29 is 13.2 Å². The summed E-state index contributed by atoms with van der Waals surface area (Å²) in [4.78, 5) is 12.9. The molecule has 1 fully saturated rings. The lowest BCUT2D eigenvalue weighted by atomic mass is 10.2. The average molecular weight is 443 g/mol. The van der Waals surface area contributed by atoms with Gasteiger partial charge in [0.15, 0.2) is 0 Å². The molecular weight excluding hydrogens is 424 g/mol. The minimum absolute atomic E-state index is 0.159. The van der Waals surface area contributed by atoms with Gasteiger partial charge in [0, 0.05) is 28.1 Å². The van der Waals surface area contributed by atoms with Crippen LogP contribution in [0.15, 0.2) is 45.1 Å². The SMILES string of the molecule is O=C(Cc1ccc(S(=O)(=O)N2CCCCC2)s1)Nc1cccc(Br)c1. The van der Waals surface area contributed by atoms with Gasteiger partial charge < -0.3 is 5.32 Å². The second-order valence-corrected chi connectivity index (χ2v) is 10.2. The van der Waals surface area contributed by atoms with Crippen LogP contribution in [0.1, 0.15) is 24.1 Å². The third kappa shape index (κ3) is 4.69. The Labute approximate surface area is 160 Å². The number of rotatable bonds is 5. The van der Waals surface area contributed by atoms with Crippen LogP contribution in [0, 0.1) is 0 Å². The quantitative estimate of drug-likeness (QED) is 0.763. The van der Waals surface area contributed by atoms with Crippen molar-refractivity contribution in [2.24, 2.45) is 0 Å². The van der Waals surface area contributed by atoms with E-state index < -0.39 is 10.0 Å². The summed E-state index contributed by atoms with van der Waals surface area (Å²) in [5, 5.41) is 2.82. The van der Waals surface area contributed by atoms with Crippen molar-refractivity contribution in [2.75, 3.05) is 18.4 Å². The molecule has 1 aliphatic heterocycles. The third-order valence-corrected chi connectivity index (χ3v) is 7.93. The van der Waals surface area contributed by atoms with Gasteiger partial charge in [-0.15, -0.1) is 11.3 Å². The largest absolute Gasteiger partial charge is 0.326 e. The van der Waals surface area contributed by atoms with Crippen molar-refractivity contribution >= 4 is 48.9 Å². The van der Waals surface area contributed by atoms with E-state index in [1.165, 1.54) is 11.3 Å². The van der Waals surface area contributed by atoms with E-state index in [1.807, 2.05) is 24.3 Å². The van der Waals surface area contributed by atoms with Gasteiger partial charge in [-0.25, -0.2) is 8.42 Å². The monoisotopic (exact) mass is 442 g/mol. The summed E-state index contributed by atoms with van der Waals surface area (Å²) >= 11 is 4.54. The lowest BCUT2D eigenvalue weighted by Gasteiger charge is -2.25. The first kappa shape index (κ1) is 18.6. The van der Waals surface area contributed by atoms with Crippen LogP contribution in [0.4, 0.5) is 5.69 Å². The number of benzene rings is 1. The van der Waals surface area contributed by atoms with E-state index in [0.717, 1.165) is 28.6 Å². The van der Waals surface area contributed by atoms with Gasteiger partial charge in [-0.1, -0.05) is 28.4 Å².